The summed E-state index contributed by atoms with van der Waals surface area (Å²) in [6.45, 7) is 3.06. The van der Waals surface area contributed by atoms with Gasteiger partial charge < -0.3 is 15.6 Å². The van der Waals surface area contributed by atoms with Crippen molar-refractivity contribution in [2.75, 3.05) is 0 Å². The number of amides is 3. The van der Waals surface area contributed by atoms with Crippen molar-refractivity contribution >= 4 is 27.9 Å². The van der Waals surface area contributed by atoms with Gasteiger partial charge in [0.05, 0.1) is 6.10 Å². The number of benzene rings is 1. The first-order valence-electron chi connectivity index (χ1n) is 5.55. The molecule has 3 amide bonds. The van der Waals surface area contributed by atoms with Crippen LogP contribution in [0.15, 0.2) is 22.7 Å². The number of carbonyl (C=O) groups excluding carboxylic acids is 2. The van der Waals surface area contributed by atoms with Crippen LogP contribution in [0.3, 0.4) is 0 Å². The summed E-state index contributed by atoms with van der Waals surface area (Å²) >= 11 is 3.29. The molecule has 1 rings (SSSR count). The fraction of sp³-hybridized carbons (Fsp3) is 0.333. The summed E-state index contributed by atoms with van der Waals surface area (Å²) in [4.78, 5) is 22.1. The summed E-state index contributed by atoms with van der Waals surface area (Å²) < 4.78 is 6.21. The van der Waals surface area contributed by atoms with E-state index in [4.69, 9.17) is 10.5 Å². The van der Waals surface area contributed by atoms with Crippen LogP contribution in [-0.2, 0) is 4.79 Å². The summed E-state index contributed by atoms with van der Waals surface area (Å²) in [5, 5.41) is 11.6. The maximum absolute atomic E-state index is 11.5. The van der Waals surface area contributed by atoms with E-state index >= 15 is 0 Å². The lowest BCUT2D eigenvalue weighted by atomic mass is 10.1. The van der Waals surface area contributed by atoms with E-state index in [0.29, 0.717) is 11.3 Å². The number of hydrogen-bond acceptors (Lipinski definition) is 4. The largest absolute Gasteiger partial charge is 0.480 e. The molecule has 0 aliphatic rings. The SMILES string of the molecule is CC(Oc1ccc(Br)cc1C(C)O)C(=O)NC(N)=O. The second-order valence-corrected chi connectivity index (χ2v) is 4.89. The van der Waals surface area contributed by atoms with Gasteiger partial charge in [0, 0.05) is 10.0 Å². The predicted octanol–water partition coefficient (Wildman–Crippen LogP) is 1.46. The molecule has 0 saturated carbocycles. The van der Waals surface area contributed by atoms with Gasteiger partial charge in [0.15, 0.2) is 6.10 Å². The number of imide groups is 1. The maximum atomic E-state index is 11.5. The van der Waals surface area contributed by atoms with Crippen LogP contribution < -0.4 is 15.8 Å². The van der Waals surface area contributed by atoms with Crippen molar-refractivity contribution < 1.29 is 19.4 Å². The molecule has 2 unspecified atom stereocenters. The van der Waals surface area contributed by atoms with Crippen LogP contribution in [0.5, 0.6) is 5.75 Å². The molecule has 0 heterocycles. The van der Waals surface area contributed by atoms with E-state index in [9.17, 15) is 14.7 Å². The predicted molar refractivity (Wildman–Crippen MR) is 72.6 cm³/mol. The Morgan fingerprint density at radius 2 is 2.05 bits per heavy atom. The smallest absolute Gasteiger partial charge is 0.318 e. The second kappa shape index (κ2) is 6.53. The molecule has 0 fully saturated rings. The van der Waals surface area contributed by atoms with Gasteiger partial charge in [-0.1, -0.05) is 15.9 Å². The Morgan fingerprint density at radius 1 is 1.42 bits per heavy atom. The molecule has 104 valence electrons. The molecule has 4 N–H and O–H groups in total. The average Bonchev–Trinajstić information content (AvgIpc) is 2.30. The highest BCUT2D eigenvalue weighted by molar-refractivity contribution is 9.10. The van der Waals surface area contributed by atoms with Crippen LogP contribution in [0.1, 0.15) is 25.5 Å². The third kappa shape index (κ3) is 4.53. The van der Waals surface area contributed by atoms with Crippen LogP contribution in [0.2, 0.25) is 0 Å². The van der Waals surface area contributed by atoms with E-state index in [2.05, 4.69) is 15.9 Å². The number of aliphatic hydroxyl groups is 1. The number of ether oxygens (including phenoxy) is 1. The summed E-state index contributed by atoms with van der Waals surface area (Å²) in [6.07, 6.45) is -1.66. The minimum absolute atomic E-state index is 0.366. The molecule has 7 heteroatoms. The minimum atomic E-state index is -0.938. The van der Waals surface area contributed by atoms with Gasteiger partial charge in [-0.25, -0.2) is 4.79 Å². The van der Waals surface area contributed by atoms with Gasteiger partial charge in [-0.2, -0.15) is 0 Å². The Kier molecular flexibility index (Phi) is 5.31. The van der Waals surface area contributed by atoms with Crippen LogP contribution in [0.25, 0.3) is 0 Å². The zero-order chi connectivity index (χ0) is 14.6. The highest BCUT2D eigenvalue weighted by atomic mass is 79.9. The number of carbonyl (C=O) groups is 2. The molecular weight excluding hydrogens is 316 g/mol. The number of nitrogens with one attached hydrogen (secondary N) is 1. The second-order valence-electron chi connectivity index (χ2n) is 3.97. The molecule has 1 aromatic carbocycles. The third-order valence-electron chi connectivity index (χ3n) is 2.34. The van der Waals surface area contributed by atoms with Gasteiger partial charge in [0.25, 0.3) is 5.91 Å². The molecule has 19 heavy (non-hydrogen) atoms. The van der Waals surface area contributed by atoms with E-state index in [-0.39, 0.29) is 0 Å². The van der Waals surface area contributed by atoms with E-state index < -0.39 is 24.1 Å². The number of rotatable bonds is 4. The van der Waals surface area contributed by atoms with E-state index in [0.717, 1.165) is 4.47 Å². The Labute approximate surface area is 119 Å². The molecule has 0 aliphatic heterocycles. The van der Waals surface area contributed by atoms with Crippen LogP contribution in [0, 0.1) is 0 Å². The first kappa shape index (κ1) is 15.5. The quantitative estimate of drug-likeness (QED) is 0.777. The van der Waals surface area contributed by atoms with E-state index in [1.165, 1.54) is 6.92 Å². The molecule has 0 bridgehead atoms. The number of hydrogen-bond donors (Lipinski definition) is 3. The topological polar surface area (TPSA) is 102 Å². The Hall–Kier alpha value is -1.60. The lowest BCUT2D eigenvalue weighted by Gasteiger charge is -2.18. The molecule has 6 nitrogen and oxygen atoms in total. The number of nitrogens with two attached hydrogens (primary N) is 1. The molecule has 0 aromatic heterocycles. The van der Waals surface area contributed by atoms with Crippen LogP contribution >= 0.6 is 15.9 Å². The van der Waals surface area contributed by atoms with Crippen molar-refractivity contribution in [2.45, 2.75) is 26.1 Å². The van der Waals surface area contributed by atoms with Crippen molar-refractivity contribution in [2.24, 2.45) is 5.73 Å². The van der Waals surface area contributed by atoms with Gasteiger partial charge in [-0.05, 0) is 32.0 Å². The van der Waals surface area contributed by atoms with Crippen molar-refractivity contribution in [3.63, 3.8) is 0 Å². The summed E-state index contributed by atoms with van der Waals surface area (Å²) in [7, 11) is 0. The van der Waals surface area contributed by atoms with Crippen LogP contribution in [0.4, 0.5) is 4.79 Å². The Bertz CT molecular complexity index is 491. The highest BCUT2D eigenvalue weighted by Crippen LogP contribution is 2.29. The molecule has 0 radical (unpaired) electrons. The highest BCUT2D eigenvalue weighted by Gasteiger charge is 2.19. The van der Waals surface area contributed by atoms with Gasteiger partial charge in [0.1, 0.15) is 5.75 Å². The van der Waals surface area contributed by atoms with E-state index in [1.54, 1.807) is 25.1 Å². The number of aliphatic hydroxyl groups excluding tert-OH is 1. The lowest BCUT2D eigenvalue weighted by molar-refractivity contribution is -0.126. The van der Waals surface area contributed by atoms with Crippen LogP contribution in [-0.4, -0.2) is 23.1 Å². The fourth-order valence-electron chi connectivity index (χ4n) is 1.42. The molecule has 0 aliphatic carbocycles. The van der Waals surface area contributed by atoms with Gasteiger partial charge >= 0.3 is 6.03 Å². The molecule has 1 aromatic rings. The van der Waals surface area contributed by atoms with Gasteiger partial charge in [-0.15, -0.1) is 0 Å². The number of urea groups is 1. The fourth-order valence-corrected chi connectivity index (χ4v) is 1.80. The molecule has 0 spiro atoms. The van der Waals surface area contributed by atoms with E-state index in [1.807, 2.05) is 5.32 Å². The van der Waals surface area contributed by atoms with Crippen molar-refractivity contribution in [3.05, 3.63) is 28.2 Å². The molecular formula is C12H15BrN2O4. The summed E-state index contributed by atoms with van der Waals surface area (Å²) in [5.41, 5.74) is 5.39. The molecule has 2 atom stereocenters. The zero-order valence-corrected chi connectivity index (χ0v) is 12.1. The van der Waals surface area contributed by atoms with Gasteiger partial charge in [-0.3, -0.25) is 10.1 Å². The number of primary amides is 1. The summed E-state index contributed by atoms with van der Waals surface area (Å²) in [6, 6.07) is 4.10. The van der Waals surface area contributed by atoms with Crippen molar-refractivity contribution in [1.82, 2.24) is 5.32 Å². The Morgan fingerprint density at radius 3 is 2.58 bits per heavy atom. The first-order chi connectivity index (χ1) is 8.81. The minimum Gasteiger partial charge on any atom is -0.480 e. The Balaban J connectivity index is 2.87. The first-order valence-corrected chi connectivity index (χ1v) is 6.35. The monoisotopic (exact) mass is 330 g/mol. The molecule has 0 saturated heterocycles. The zero-order valence-electron chi connectivity index (χ0n) is 10.5. The average molecular weight is 331 g/mol. The maximum Gasteiger partial charge on any atom is 0.318 e. The normalized spacial score (nSPS) is 13.5. The van der Waals surface area contributed by atoms with Crippen molar-refractivity contribution in [1.29, 1.82) is 0 Å². The number of halogens is 1. The van der Waals surface area contributed by atoms with Gasteiger partial charge in [0.2, 0.25) is 0 Å². The standard InChI is InChI=1S/C12H15BrN2O4/c1-6(16)9-5-8(13)3-4-10(9)19-7(2)11(17)15-12(14)18/h3-7,16H,1-2H3,(H3,14,15,17,18). The summed E-state index contributed by atoms with van der Waals surface area (Å²) in [5.74, 6) is -0.280. The lowest BCUT2D eigenvalue weighted by Crippen LogP contribution is -2.42. The third-order valence-corrected chi connectivity index (χ3v) is 2.83. The van der Waals surface area contributed by atoms with Crippen molar-refractivity contribution in [3.8, 4) is 5.75 Å².